The fourth-order valence-electron chi connectivity index (χ4n) is 2.25. The molecule has 0 saturated heterocycles. The average Bonchev–Trinajstić information content (AvgIpc) is 2.74. The second-order valence-corrected chi connectivity index (χ2v) is 5.99. The zero-order valence-corrected chi connectivity index (χ0v) is 13.2. The predicted octanol–water partition coefficient (Wildman–Crippen LogP) is 3.13. The van der Waals surface area contributed by atoms with Gasteiger partial charge in [0, 0.05) is 37.0 Å². The number of halogens is 2. The third-order valence-corrected chi connectivity index (χ3v) is 5.24. The molecule has 1 aliphatic heterocycles. The highest BCUT2D eigenvalue weighted by Gasteiger charge is 2.26. The SMILES string of the molecule is O=C(c1ccccn1)N1CCc2[nH]c(Br)c(Br)c2C1. The number of fused-ring (bicyclic) bond motifs is 1. The van der Waals surface area contributed by atoms with E-state index < -0.39 is 0 Å². The van der Waals surface area contributed by atoms with Gasteiger partial charge in [-0.25, -0.2) is 0 Å². The van der Waals surface area contributed by atoms with Crippen LogP contribution in [0.25, 0.3) is 0 Å². The molecule has 0 radical (unpaired) electrons. The van der Waals surface area contributed by atoms with Gasteiger partial charge in [0.25, 0.3) is 5.91 Å². The van der Waals surface area contributed by atoms with Crippen LogP contribution in [-0.4, -0.2) is 27.3 Å². The van der Waals surface area contributed by atoms with E-state index in [1.54, 1.807) is 12.3 Å². The number of aromatic nitrogens is 2. The largest absolute Gasteiger partial charge is 0.352 e. The number of pyridine rings is 1. The van der Waals surface area contributed by atoms with Gasteiger partial charge in [-0.2, -0.15) is 0 Å². The Hall–Kier alpha value is -1.14. The molecular weight excluding hydrogens is 374 g/mol. The Labute approximate surface area is 127 Å². The topological polar surface area (TPSA) is 49.0 Å². The van der Waals surface area contributed by atoms with Crippen molar-refractivity contribution in [3.63, 3.8) is 0 Å². The van der Waals surface area contributed by atoms with E-state index in [4.69, 9.17) is 0 Å². The molecular formula is C13H11Br2N3O. The Kier molecular flexibility index (Phi) is 3.45. The molecule has 1 aliphatic rings. The molecule has 0 spiro atoms. The van der Waals surface area contributed by atoms with Crippen molar-refractivity contribution in [3.8, 4) is 0 Å². The van der Waals surface area contributed by atoms with E-state index in [1.165, 1.54) is 5.69 Å². The summed E-state index contributed by atoms with van der Waals surface area (Å²) in [6.07, 6.45) is 2.48. The highest BCUT2D eigenvalue weighted by atomic mass is 79.9. The molecule has 19 heavy (non-hydrogen) atoms. The van der Waals surface area contributed by atoms with Crippen LogP contribution in [0.1, 0.15) is 21.7 Å². The molecule has 3 heterocycles. The van der Waals surface area contributed by atoms with Crippen molar-refractivity contribution in [3.05, 3.63) is 50.4 Å². The minimum absolute atomic E-state index is 0.0181. The summed E-state index contributed by atoms with van der Waals surface area (Å²) in [6, 6.07) is 5.39. The lowest BCUT2D eigenvalue weighted by Gasteiger charge is -2.27. The van der Waals surface area contributed by atoms with Crippen LogP contribution in [0.15, 0.2) is 33.5 Å². The number of rotatable bonds is 1. The summed E-state index contributed by atoms with van der Waals surface area (Å²) < 4.78 is 1.94. The van der Waals surface area contributed by atoms with E-state index in [0.717, 1.165) is 21.1 Å². The molecule has 0 aliphatic carbocycles. The summed E-state index contributed by atoms with van der Waals surface area (Å²) in [5.41, 5.74) is 2.82. The number of aromatic amines is 1. The molecule has 0 atom stereocenters. The Balaban J connectivity index is 1.86. The van der Waals surface area contributed by atoms with Gasteiger partial charge in [0.2, 0.25) is 0 Å². The first kappa shape index (κ1) is 12.9. The highest BCUT2D eigenvalue weighted by Crippen LogP contribution is 2.33. The van der Waals surface area contributed by atoms with Crippen LogP contribution in [0.4, 0.5) is 0 Å². The third kappa shape index (κ3) is 2.34. The Morgan fingerprint density at radius 2 is 2.21 bits per heavy atom. The molecule has 1 N–H and O–H groups in total. The summed E-state index contributed by atoms with van der Waals surface area (Å²) in [6.45, 7) is 1.31. The van der Waals surface area contributed by atoms with Crippen LogP contribution >= 0.6 is 31.9 Å². The fourth-order valence-corrected chi connectivity index (χ4v) is 3.19. The minimum Gasteiger partial charge on any atom is -0.352 e. The number of hydrogen-bond acceptors (Lipinski definition) is 2. The maximum absolute atomic E-state index is 12.4. The second-order valence-electron chi connectivity index (χ2n) is 4.40. The lowest BCUT2D eigenvalue weighted by Crippen LogP contribution is -2.36. The van der Waals surface area contributed by atoms with Crippen molar-refractivity contribution in [2.75, 3.05) is 6.54 Å². The number of amides is 1. The normalized spacial score (nSPS) is 14.3. The highest BCUT2D eigenvalue weighted by molar-refractivity contribution is 9.13. The first-order valence-corrected chi connectivity index (χ1v) is 7.50. The van der Waals surface area contributed by atoms with E-state index in [0.29, 0.717) is 18.8 Å². The molecule has 98 valence electrons. The van der Waals surface area contributed by atoms with Gasteiger partial charge in [-0.05, 0) is 44.0 Å². The van der Waals surface area contributed by atoms with Gasteiger partial charge in [-0.15, -0.1) is 0 Å². The number of carbonyl (C=O) groups is 1. The molecule has 2 aromatic rings. The van der Waals surface area contributed by atoms with Gasteiger partial charge in [0.15, 0.2) is 0 Å². The second kappa shape index (κ2) is 5.09. The number of nitrogens with zero attached hydrogens (tertiary/aromatic N) is 2. The van der Waals surface area contributed by atoms with Crippen molar-refractivity contribution < 1.29 is 4.79 Å². The lowest BCUT2D eigenvalue weighted by atomic mass is 10.1. The standard InChI is InChI=1S/C13H11Br2N3O/c14-11-8-7-18(6-4-9(8)17-12(11)15)13(19)10-3-1-2-5-16-10/h1-3,5,17H,4,6-7H2. The Morgan fingerprint density at radius 1 is 1.37 bits per heavy atom. The first-order chi connectivity index (χ1) is 9.16. The van der Waals surface area contributed by atoms with Gasteiger partial charge in [0.1, 0.15) is 5.69 Å². The molecule has 0 saturated carbocycles. The maximum Gasteiger partial charge on any atom is 0.272 e. The molecule has 3 rings (SSSR count). The van der Waals surface area contributed by atoms with E-state index in [1.807, 2.05) is 17.0 Å². The van der Waals surface area contributed by atoms with Crippen molar-refractivity contribution >= 4 is 37.8 Å². The van der Waals surface area contributed by atoms with Gasteiger partial charge in [0.05, 0.1) is 9.08 Å². The van der Waals surface area contributed by atoms with E-state index in [2.05, 4.69) is 41.8 Å². The number of carbonyl (C=O) groups excluding carboxylic acids is 1. The zero-order valence-electron chi connectivity index (χ0n) is 9.99. The van der Waals surface area contributed by atoms with Crippen molar-refractivity contribution in [2.24, 2.45) is 0 Å². The van der Waals surface area contributed by atoms with Crippen LogP contribution in [-0.2, 0) is 13.0 Å². The quantitative estimate of drug-likeness (QED) is 0.821. The summed E-state index contributed by atoms with van der Waals surface area (Å²) >= 11 is 7.00. The molecule has 0 bridgehead atoms. The fraction of sp³-hybridized carbons (Fsp3) is 0.231. The summed E-state index contributed by atoms with van der Waals surface area (Å²) in [5, 5.41) is 0. The zero-order chi connectivity index (χ0) is 13.4. The Morgan fingerprint density at radius 3 is 2.95 bits per heavy atom. The minimum atomic E-state index is -0.0181. The van der Waals surface area contributed by atoms with Crippen molar-refractivity contribution in [1.82, 2.24) is 14.9 Å². The Bertz CT molecular complexity index is 624. The lowest BCUT2D eigenvalue weighted by molar-refractivity contribution is 0.0728. The number of hydrogen-bond donors (Lipinski definition) is 1. The number of H-pyrrole nitrogens is 1. The van der Waals surface area contributed by atoms with Gasteiger partial charge in [-0.3, -0.25) is 9.78 Å². The van der Waals surface area contributed by atoms with Crippen LogP contribution in [0.3, 0.4) is 0 Å². The third-order valence-electron chi connectivity index (χ3n) is 3.23. The molecule has 1 amide bonds. The molecule has 2 aromatic heterocycles. The van der Waals surface area contributed by atoms with Gasteiger partial charge < -0.3 is 9.88 Å². The van der Waals surface area contributed by atoms with Crippen LogP contribution in [0.2, 0.25) is 0 Å². The summed E-state index contributed by atoms with van der Waals surface area (Å²) in [4.78, 5) is 21.6. The molecule has 4 nitrogen and oxygen atoms in total. The first-order valence-electron chi connectivity index (χ1n) is 5.92. The van der Waals surface area contributed by atoms with Crippen LogP contribution in [0, 0.1) is 0 Å². The predicted molar refractivity (Wildman–Crippen MR) is 78.9 cm³/mol. The van der Waals surface area contributed by atoms with Crippen molar-refractivity contribution in [2.45, 2.75) is 13.0 Å². The van der Waals surface area contributed by atoms with Crippen molar-refractivity contribution in [1.29, 1.82) is 0 Å². The number of nitrogens with one attached hydrogen (secondary N) is 1. The van der Waals surface area contributed by atoms with Gasteiger partial charge in [-0.1, -0.05) is 6.07 Å². The van der Waals surface area contributed by atoms with E-state index in [9.17, 15) is 4.79 Å². The monoisotopic (exact) mass is 383 g/mol. The average molecular weight is 385 g/mol. The molecule has 6 heteroatoms. The summed E-state index contributed by atoms with van der Waals surface area (Å²) in [5.74, 6) is -0.0181. The van der Waals surface area contributed by atoms with Crippen LogP contribution < -0.4 is 0 Å². The smallest absolute Gasteiger partial charge is 0.272 e. The van der Waals surface area contributed by atoms with E-state index >= 15 is 0 Å². The maximum atomic E-state index is 12.4. The molecule has 0 aromatic carbocycles. The van der Waals surface area contributed by atoms with Gasteiger partial charge >= 0.3 is 0 Å². The molecule has 0 unspecified atom stereocenters. The van der Waals surface area contributed by atoms with E-state index in [-0.39, 0.29) is 5.91 Å². The van der Waals surface area contributed by atoms with Crippen LogP contribution in [0.5, 0.6) is 0 Å². The molecule has 0 fully saturated rings. The summed E-state index contributed by atoms with van der Waals surface area (Å²) in [7, 11) is 0.